The zero-order valence-electron chi connectivity index (χ0n) is 16.7. The number of hydrogen-bond donors (Lipinski definition) is 2. The summed E-state index contributed by atoms with van der Waals surface area (Å²) in [4.78, 5) is 37.4. The molecule has 0 aliphatic heterocycles. The molecule has 2 amide bonds. The highest BCUT2D eigenvalue weighted by atomic mass is 32.1. The number of thiophene rings is 1. The first kappa shape index (κ1) is 20.9. The van der Waals surface area contributed by atoms with Crippen LogP contribution in [0.25, 0.3) is 0 Å². The van der Waals surface area contributed by atoms with E-state index in [2.05, 4.69) is 5.32 Å². The highest BCUT2D eigenvalue weighted by Crippen LogP contribution is 2.38. The molecule has 1 aliphatic rings. The Bertz CT molecular complexity index is 966. The van der Waals surface area contributed by atoms with Crippen LogP contribution in [-0.4, -0.2) is 30.5 Å². The average Bonchev–Trinajstić information content (AvgIpc) is 3.23. The molecule has 154 valence electrons. The average molecular weight is 416 g/mol. The lowest BCUT2D eigenvalue weighted by Gasteiger charge is -2.15. The van der Waals surface area contributed by atoms with Gasteiger partial charge in [0.15, 0.2) is 12.7 Å². The molecule has 0 saturated heterocycles. The van der Waals surface area contributed by atoms with Crippen LogP contribution in [0.5, 0.6) is 5.75 Å². The molecule has 29 heavy (non-hydrogen) atoms. The SMILES string of the molecule is Cc1cccc(OCC(=O)O[C@@H](C)C(=O)Nc2sc3c(c2C(N)=O)CCC3)c1C. The Morgan fingerprint density at radius 1 is 1.24 bits per heavy atom. The van der Waals surface area contributed by atoms with Crippen molar-refractivity contribution in [2.45, 2.75) is 46.1 Å². The number of fused-ring (bicyclic) bond motifs is 1. The van der Waals surface area contributed by atoms with Gasteiger partial charge in [-0.25, -0.2) is 4.79 Å². The fourth-order valence-corrected chi connectivity index (χ4v) is 4.57. The van der Waals surface area contributed by atoms with Crippen LogP contribution in [0.3, 0.4) is 0 Å². The number of anilines is 1. The zero-order valence-corrected chi connectivity index (χ0v) is 17.5. The van der Waals surface area contributed by atoms with Crippen LogP contribution in [-0.2, 0) is 27.2 Å². The van der Waals surface area contributed by atoms with Gasteiger partial charge in [-0.05, 0) is 62.8 Å². The lowest BCUT2D eigenvalue weighted by atomic mass is 10.1. The second-order valence-corrected chi connectivity index (χ2v) is 8.14. The molecule has 1 aliphatic carbocycles. The van der Waals surface area contributed by atoms with Gasteiger partial charge in [-0.1, -0.05) is 12.1 Å². The molecular weight excluding hydrogens is 392 g/mol. The normalized spacial score (nSPS) is 13.5. The van der Waals surface area contributed by atoms with Crippen LogP contribution in [0.15, 0.2) is 18.2 Å². The van der Waals surface area contributed by atoms with Crippen LogP contribution in [0, 0.1) is 13.8 Å². The van der Waals surface area contributed by atoms with E-state index in [4.69, 9.17) is 15.2 Å². The van der Waals surface area contributed by atoms with Crippen molar-refractivity contribution in [2.75, 3.05) is 11.9 Å². The van der Waals surface area contributed by atoms with E-state index in [0.29, 0.717) is 16.3 Å². The molecule has 3 rings (SSSR count). The van der Waals surface area contributed by atoms with Crippen molar-refractivity contribution in [3.8, 4) is 5.75 Å². The van der Waals surface area contributed by atoms with Crippen molar-refractivity contribution in [3.63, 3.8) is 0 Å². The van der Waals surface area contributed by atoms with Crippen LogP contribution in [0.1, 0.15) is 45.3 Å². The van der Waals surface area contributed by atoms with Gasteiger partial charge in [0.1, 0.15) is 10.8 Å². The van der Waals surface area contributed by atoms with Crippen LogP contribution in [0.2, 0.25) is 0 Å². The molecule has 8 heteroatoms. The monoisotopic (exact) mass is 416 g/mol. The standard InChI is InChI=1S/C21H24N2O5S/c1-11-6-4-8-15(12(11)2)27-10-17(24)28-13(3)20(26)23-21-18(19(22)25)14-7-5-9-16(14)29-21/h4,6,8,13H,5,7,9-10H2,1-3H3,(H2,22,25)(H,23,26)/t13-/m0/s1. The van der Waals surface area contributed by atoms with Crippen LogP contribution < -0.4 is 15.8 Å². The molecule has 7 nitrogen and oxygen atoms in total. The maximum absolute atomic E-state index is 12.4. The number of ether oxygens (including phenoxy) is 2. The topological polar surface area (TPSA) is 108 Å². The second kappa shape index (κ2) is 8.65. The maximum Gasteiger partial charge on any atom is 0.344 e. The number of aryl methyl sites for hydroxylation is 2. The molecule has 0 bridgehead atoms. The summed E-state index contributed by atoms with van der Waals surface area (Å²) in [6.07, 6.45) is 1.59. The Morgan fingerprint density at radius 2 is 2.00 bits per heavy atom. The Morgan fingerprint density at radius 3 is 2.72 bits per heavy atom. The summed E-state index contributed by atoms with van der Waals surface area (Å²) in [6, 6.07) is 5.56. The molecule has 3 N–H and O–H groups in total. The Labute approximate surface area is 173 Å². The number of rotatable bonds is 7. The third-order valence-corrected chi connectivity index (χ3v) is 6.19. The summed E-state index contributed by atoms with van der Waals surface area (Å²) in [5.74, 6) is -1.14. The fourth-order valence-electron chi connectivity index (χ4n) is 3.27. The third kappa shape index (κ3) is 4.59. The van der Waals surface area contributed by atoms with Crippen molar-refractivity contribution in [1.29, 1.82) is 0 Å². The number of primary amides is 1. The van der Waals surface area contributed by atoms with E-state index in [1.54, 1.807) is 6.07 Å². The van der Waals surface area contributed by atoms with Crippen LogP contribution in [0.4, 0.5) is 5.00 Å². The highest BCUT2D eigenvalue weighted by Gasteiger charge is 2.28. The first-order valence-corrected chi connectivity index (χ1v) is 10.2. The number of nitrogens with one attached hydrogen (secondary N) is 1. The van der Waals surface area contributed by atoms with Gasteiger partial charge in [0.25, 0.3) is 11.8 Å². The molecule has 1 atom stereocenters. The minimum absolute atomic E-state index is 0.304. The largest absolute Gasteiger partial charge is 0.482 e. The van der Waals surface area contributed by atoms with E-state index >= 15 is 0 Å². The fraction of sp³-hybridized carbons (Fsp3) is 0.381. The molecule has 0 spiro atoms. The zero-order chi connectivity index (χ0) is 21.1. The van der Waals surface area contributed by atoms with E-state index in [0.717, 1.165) is 40.8 Å². The van der Waals surface area contributed by atoms with Gasteiger partial charge >= 0.3 is 5.97 Å². The molecule has 0 unspecified atom stereocenters. The minimum atomic E-state index is -1.04. The first-order chi connectivity index (χ1) is 13.8. The predicted molar refractivity (Wildman–Crippen MR) is 110 cm³/mol. The molecule has 1 heterocycles. The van der Waals surface area contributed by atoms with Gasteiger partial charge in [0, 0.05) is 4.88 Å². The smallest absolute Gasteiger partial charge is 0.344 e. The number of amides is 2. The molecule has 1 aromatic carbocycles. The lowest BCUT2D eigenvalue weighted by molar-refractivity contribution is -0.155. The van der Waals surface area contributed by atoms with E-state index in [1.807, 2.05) is 26.0 Å². The van der Waals surface area contributed by atoms with E-state index in [-0.39, 0.29) is 6.61 Å². The van der Waals surface area contributed by atoms with E-state index in [9.17, 15) is 14.4 Å². The van der Waals surface area contributed by atoms with Gasteiger partial charge in [0.05, 0.1) is 5.56 Å². The maximum atomic E-state index is 12.4. The summed E-state index contributed by atoms with van der Waals surface area (Å²) in [5, 5.41) is 3.10. The highest BCUT2D eigenvalue weighted by molar-refractivity contribution is 7.17. The Kier molecular flexibility index (Phi) is 6.22. The first-order valence-electron chi connectivity index (χ1n) is 9.41. The summed E-state index contributed by atoms with van der Waals surface area (Å²) >= 11 is 1.35. The number of hydrogen-bond acceptors (Lipinski definition) is 6. The molecule has 1 aromatic heterocycles. The van der Waals surface area contributed by atoms with E-state index < -0.39 is 23.9 Å². The third-order valence-electron chi connectivity index (χ3n) is 4.98. The van der Waals surface area contributed by atoms with Crippen molar-refractivity contribution in [1.82, 2.24) is 0 Å². The van der Waals surface area contributed by atoms with Gasteiger partial charge in [0.2, 0.25) is 0 Å². The van der Waals surface area contributed by atoms with Crippen molar-refractivity contribution < 1.29 is 23.9 Å². The van der Waals surface area contributed by atoms with E-state index in [1.165, 1.54) is 18.3 Å². The van der Waals surface area contributed by atoms with Gasteiger partial charge in [-0.2, -0.15) is 0 Å². The minimum Gasteiger partial charge on any atom is -0.482 e. The van der Waals surface area contributed by atoms with Crippen molar-refractivity contribution >= 4 is 34.1 Å². The quantitative estimate of drug-likeness (QED) is 0.675. The summed E-state index contributed by atoms with van der Waals surface area (Å²) in [5.41, 5.74) is 8.78. The van der Waals surface area contributed by atoms with Crippen LogP contribution >= 0.6 is 11.3 Å². The molecule has 0 fully saturated rings. The second-order valence-electron chi connectivity index (χ2n) is 7.03. The molecular formula is C21H24N2O5S. The van der Waals surface area contributed by atoms with Gasteiger partial charge in [-0.3, -0.25) is 9.59 Å². The molecule has 0 saturated carbocycles. The van der Waals surface area contributed by atoms with Gasteiger partial charge in [-0.15, -0.1) is 11.3 Å². The number of nitrogens with two attached hydrogens (primary N) is 1. The Balaban J connectivity index is 1.58. The summed E-state index contributed by atoms with van der Waals surface area (Å²) < 4.78 is 10.7. The molecule has 0 radical (unpaired) electrons. The van der Waals surface area contributed by atoms with Crippen molar-refractivity contribution in [3.05, 3.63) is 45.3 Å². The predicted octanol–water partition coefficient (Wildman–Crippen LogP) is 2.90. The lowest BCUT2D eigenvalue weighted by Crippen LogP contribution is -2.32. The Hall–Kier alpha value is -2.87. The van der Waals surface area contributed by atoms with Gasteiger partial charge < -0.3 is 20.5 Å². The summed E-state index contributed by atoms with van der Waals surface area (Å²) in [7, 11) is 0. The summed E-state index contributed by atoms with van der Waals surface area (Å²) in [6.45, 7) is 5.02. The number of benzene rings is 1. The number of carbonyl (C=O) groups excluding carboxylic acids is 3. The van der Waals surface area contributed by atoms with Crippen molar-refractivity contribution in [2.24, 2.45) is 5.73 Å². The number of carbonyl (C=O) groups is 3. The number of esters is 1. The molecule has 2 aromatic rings.